The minimum Gasteiger partial charge on any atom is -0.364 e. The van der Waals surface area contributed by atoms with E-state index >= 15 is 0 Å². The summed E-state index contributed by atoms with van der Waals surface area (Å²) in [4.78, 5) is 4.31. The second-order valence-corrected chi connectivity index (χ2v) is 7.91. The number of rotatable bonds is 6. The largest absolute Gasteiger partial charge is 0.364 e. The highest BCUT2D eigenvalue weighted by Crippen LogP contribution is 2.35. The number of hydrogen-bond acceptors (Lipinski definition) is 3. The van der Waals surface area contributed by atoms with Gasteiger partial charge in [-0.2, -0.15) is 5.26 Å². The topological polar surface area (TPSA) is 45.9 Å². The highest BCUT2D eigenvalue weighted by molar-refractivity contribution is 5.97. The molecule has 0 saturated heterocycles. The molecule has 0 amide bonds. The summed E-state index contributed by atoms with van der Waals surface area (Å²) in [6.07, 6.45) is 3.30. The fourth-order valence-electron chi connectivity index (χ4n) is 4.18. The molecular formula is C30H22N2O. The number of pyridine rings is 1. The van der Waals surface area contributed by atoms with E-state index in [4.69, 9.17) is 4.74 Å². The Morgan fingerprint density at radius 3 is 2.39 bits per heavy atom. The zero-order valence-electron chi connectivity index (χ0n) is 18.1. The maximum Gasteiger partial charge on any atom is 0.109 e. The van der Waals surface area contributed by atoms with E-state index in [0.717, 1.165) is 38.6 Å². The predicted molar refractivity (Wildman–Crippen MR) is 131 cm³/mol. The minimum absolute atomic E-state index is 0.305. The van der Waals surface area contributed by atoms with Crippen LogP contribution in [0.3, 0.4) is 0 Å². The van der Waals surface area contributed by atoms with E-state index in [1.54, 1.807) is 6.20 Å². The van der Waals surface area contributed by atoms with Gasteiger partial charge in [-0.1, -0.05) is 84.9 Å². The lowest BCUT2D eigenvalue weighted by Gasteiger charge is -2.20. The molecule has 0 fully saturated rings. The van der Waals surface area contributed by atoms with Crippen LogP contribution in [-0.4, -0.2) is 4.98 Å². The van der Waals surface area contributed by atoms with Gasteiger partial charge < -0.3 is 4.74 Å². The molecule has 0 N–H and O–H groups in total. The van der Waals surface area contributed by atoms with Crippen molar-refractivity contribution in [3.8, 4) is 17.2 Å². The third-order valence-corrected chi connectivity index (χ3v) is 5.79. The highest BCUT2D eigenvalue weighted by atomic mass is 16.5. The number of hydrogen-bond donors (Lipinski definition) is 0. The van der Waals surface area contributed by atoms with Crippen LogP contribution in [0, 0.1) is 11.3 Å². The molecule has 1 heterocycles. The van der Waals surface area contributed by atoms with Crippen LogP contribution in [0.25, 0.3) is 21.9 Å². The molecule has 0 aliphatic rings. The van der Waals surface area contributed by atoms with Crippen molar-refractivity contribution < 1.29 is 4.74 Å². The number of nitrogens with zero attached hydrogens (tertiary/aromatic N) is 2. The van der Waals surface area contributed by atoms with Gasteiger partial charge in [-0.3, -0.25) is 4.98 Å². The Labute approximate surface area is 193 Å². The van der Waals surface area contributed by atoms with E-state index in [1.807, 2.05) is 66.9 Å². The van der Waals surface area contributed by atoms with Gasteiger partial charge in [0.25, 0.3) is 0 Å². The summed E-state index contributed by atoms with van der Waals surface area (Å²) in [6, 6.07) is 36.9. The Morgan fingerprint density at radius 1 is 0.758 bits per heavy atom. The minimum atomic E-state index is -0.305. The van der Waals surface area contributed by atoms with Crippen molar-refractivity contribution in [1.29, 1.82) is 5.26 Å². The van der Waals surface area contributed by atoms with Crippen molar-refractivity contribution >= 4 is 10.8 Å². The zero-order valence-corrected chi connectivity index (χ0v) is 18.1. The van der Waals surface area contributed by atoms with Crippen molar-refractivity contribution in [3.63, 3.8) is 0 Å². The first kappa shape index (κ1) is 20.6. The summed E-state index contributed by atoms with van der Waals surface area (Å²) in [5, 5.41) is 12.1. The van der Waals surface area contributed by atoms with E-state index in [2.05, 4.69) is 53.5 Å². The van der Waals surface area contributed by atoms with Crippen LogP contribution in [0.5, 0.6) is 0 Å². The molecular weight excluding hydrogens is 404 g/mol. The summed E-state index contributed by atoms with van der Waals surface area (Å²) in [5.74, 6) is 0. The summed E-state index contributed by atoms with van der Waals surface area (Å²) < 4.78 is 6.43. The molecule has 3 heteroatoms. The van der Waals surface area contributed by atoms with Gasteiger partial charge in [0.15, 0.2) is 0 Å². The van der Waals surface area contributed by atoms with E-state index < -0.39 is 0 Å². The van der Waals surface area contributed by atoms with Gasteiger partial charge in [0.2, 0.25) is 0 Å². The predicted octanol–water partition coefficient (Wildman–Crippen LogP) is 7.08. The second-order valence-electron chi connectivity index (χ2n) is 7.91. The number of aromatic nitrogens is 1. The molecule has 158 valence electrons. The Kier molecular flexibility index (Phi) is 5.93. The Morgan fingerprint density at radius 2 is 1.58 bits per heavy atom. The van der Waals surface area contributed by atoms with Gasteiger partial charge in [-0.05, 0) is 45.7 Å². The highest BCUT2D eigenvalue weighted by Gasteiger charge is 2.18. The lowest BCUT2D eigenvalue weighted by atomic mass is 9.91. The first-order valence-corrected chi connectivity index (χ1v) is 10.9. The van der Waals surface area contributed by atoms with Crippen LogP contribution in [0.15, 0.2) is 116 Å². The molecule has 0 saturated carbocycles. The summed E-state index contributed by atoms with van der Waals surface area (Å²) >= 11 is 0. The number of fused-ring (bicyclic) bond motifs is 1. The maximum atomic E-state index is 9.86. The van der Waals surface area contributed by atoms with E-state index in [1.165, 1.54) is 0 Å². The van der Waals surface area contributed by atoms with Gasteiger partial charge >= 0.3 is 0 Å². The lowest BCUT2D eigenvalue weighted by molar-refractivity contribution is 0.0665. The molecule has 0 aliphatic heterocycles. The SMILES string of the molecule is N#Cc1ccc(C(OCc2ccccc2)c2cccnc2)cc1-c1cccc2ccccc12. The fraction of sp³-hybridized carbons (Fsp3) is 0.0667. The van der Waals surface area contributed by atoms with E-state index in [0.29, 0.717) is 12.2 Å². The molecule has 1 atom stereocenters. The van der Waals surface area contributed by atoms with Gasteiger partial charge in [0.05, 0.1) is 18.2 Å². The van der Waals surface area contributed by atoms with Crippen molar-refractivity contribution in [3.05, 3.63) is 138 Å². The second kappa shape index (κ2) is 9.48. The molecule has 3 nitrogen and oxygen atoms in total. The third kappa shape index (κ3) is 4.39. The van der Waals surface area contributed by atoms with Crippen molar-refractivity contribution in [2.75, 3.05) is 0 Å². The zero-order chi connectivity index (χ0) is 22.5. The molecule has 5 aromatic rings. The molecule has 1 unspecified atom stereocenters. The molecule has 4 aromatic carbocycles. The number of benzene rings is 4. The lowest BCUT2D eigenvalue weighted by Crippen LogP contribution is -2.07. The monoisotopic (exact) mass is 426 g/mol. The summed E-state index contributed by atoms with van der Waals surface area (Å²) in [5.41, 5.74) is 5.66. The maximum absolute atomic E-state index is 9.86. The molecule has 0 bridgehead atoms. The van der Waals surface area contributed by atoms with Crippen LogP contribution in [-0.2, 0) is 11.3 Å². The average Bonchev–Trinajstić information content (AvgIpc) is 2.89. The average molecular weight is 427 g/mol. The first-order chi connectivity index (χ1) is 16.3. The number of nitriles is 1. The van der Waals surface area contributed by atoms with Gasteiger partial charge in [0.1, 0.15) is 6.10 Å². The standard InChI is InChI=1S/C30H22N2O/c31-19-25-16-15-24(18-29(25)28-14-6-11-23-10-4-5-13-27(23)28)30(26-12-7-17-32-20-26)33-21-22-8-2-1-3-9-22/h1-18,20,30H,21H2. The van der Waals surface area contributed by atoms with Crippen molar-refractivity contribution in [2.45, 2.75) is 12.7 Å². The van der Waals surface area contributed by atoms with E-state index in [-0.39, 0.29) is 6.10 Å². The molecule has 5 rings (SSSR count). The molecule has 0 radical (unpaired) electrons. The number of ether oxygens (including phenoxy) is 1. The first-order valence-electron chi connectivity index (χ1n) is 10.9. The smallest absolute Gasteiger partial charge is 0.109 e. The van der Waals surface area contributed by atoms with Gasteiger partial charge in [0, 0.05) is 23.5 Å². The van der Waals surface area contributed by atoms with Crippen LogP contribution in [0.4, 0.5) is 0 Å². The summed E-state index contributed by atoms with van der Waals surface area (Å²) in [6.45, 7) is 0.476. The Hall–Kier alpha value is -4.26. The normalized spacial score (nSPS) is 11.7. The van der Waals surface area contributed by atoms with Crippen LogP contribution < -0.4 is 0 Å². The molecule has 0 spiro atoms. The summed E-state index contributed by atoms with van der Waals surface area (Å²) in [7, 11) is 0. The molecule has 1 aromatic heterocycles. The third-order valence-electron chi connectivity index (χ3n) is 5.79. The van der Waals surface area contributed by atoms with E-state index in [9.17, 15) is 5.26 Å². The molecule has 33 heavy (non-hydrogen) atoms. The van der Waals surface area contributed by atoms with Gasteiger partial charge in [-0.25, -0.2) is 0 Å². The van der Waals surface area contributed by atoms with Crippen molar-refractivity contribution in [1.82, 2.24) is 4.98 Å². The van der Waals surface area contributed by atoms with Crippen LogP contribution in [0.1, 0.15) is 28.4 Å². The van der Waals surface area contributed by atoms with Gasteiger partial charge in [-0.15, -0.1) is 0 Å². The fourth-order valence-corrected chi connectivity index (χ4v) is 4.18. The quantitative estimate of drug-likeness (QED) is 0.291. The van der Waals surface area contributed by atoms with Crippen LogP contribution >= 0.6 is 0 Å². The van der Waals surface area contributed by atoms with Crippen LogP contribution in [0.2, 0.25) is 0 Å². The Balaban J connectivity index is 1.61. The molecule has 0 aliphatic carbocycles. The Bertz CT molecular complexity index is 1420. The van der Waals surface area contributed by atoms with Crippen molar-refractivity contribution in [2.24, 2.45) is 0 Å².